The summed E-state index contributed by atoms with van der Waals surface area (Å²) in [6.07, 6.45) is 2.66. The normalized spacial score (nSPS) is 22.8. The number of rotatable bonds is 5. The van der Waals surface area contributed by atoms with Crippen LogP contribution in [0.4, 0.5) is 0 Å². The Hall–Kier alpha value is -0.810. The molecule has 1 aliphatic rings. The van der Waals surface area contributed by atoms with E-state index >= 15 is 0 Å². The molecule has 0 spiro atoms. The minimum absolute atomic E-state index is 0.113. The maximum atomic E-state index is 9.05. The number of nitrogens with one attached hydrogen (secondary N) is 1. The van der Waals surface area contributed by atoms with Crippen molar-refractivity contribution in [3.63, 3.8) is 0 Å². The van der Waals surface area contributed by atoms with E-state index < -0.39 is 0 Å². The van der Waals surface area contributed by atoms with Crippen LogP contribution in [0.3, 0.4) is 0 Å². The molecule has 1 saturated carbocycles. The zero-order valence-electron chi connectivity index (χ0n) is 7.82. The Morgan fingerprint density at radius 3 is 2.62 bits per heavy atom. The van der Waals surface area contributed by atoms with Crippen molar-refractivity contribution in [2.24, 2.45) is 10.9 Å². The van der Waals surface area contributed by atoms with Gasteiger partial charge in [-0.3, -0.25) is 5.32 Å². The lowest BCUT2D eigenvalue weighted by molar-refractivity contribution is 0.224. The number of nitrogens with two attached hydrogens (primary N) is 1. The molecule has 0 saturated heterocycles. The van der Waals surface area contributed by atoms with E-state index in [0.29, 0.717) is 0 Å². The van der Waals surface area contributed by atoms with Crippen LogP contribution in [0, 0.1) is 0 Å². The van der Waals surface area contributed by atoms with E-state index in [1.54, 1.807) is 0 Å². The van der Waals surface area contributed by atoms with Gasteiger partial charge in [-0.25, -0.2) is 0 Å². The maximum absolute atomic E-state index is 9.05. The lowest BCUT2D eigenvalue weighted by Crippen LogP contribution is -2.49. The van der Waals surface area contributed by atoms with Crippen molar-refractivity contribution >= 4 is 5.84 Å². The number of nitrogens with zero attached hydrogens (tertiary/aromatic N) is 1. The number of aliphatic hydroxyl groups excluding tert-OH is 1. The molecule has 5 nitrogen and oxygen atoms in total. The third kappa shape index (κ3) is 2.32. The van der Waals surface area contributed by atoms with Crippen molar-refractivity contribution in [1.29, 1.82) is 0 Å². The van der Waals surface area contributed by atoms with Gasteiger partial charge in [0.2, 0.25) is 0 Å². The first kappa shape index (κ1) is 10.3. The van der Waals surface area contributed by atoms with Gasteiger partial charge >= 0.3 is 0 Å². The number of aliphatic hydroxyl groups is 1. The fourth-order valence-electron chi connectivity index (χ4n) is 1.32. The van der Waals surface area contributed by atoms with Crippen molar-refractivity contribution in [3.8, 4) is 0 Å². The molecule has 0 aromatic carbocycles. The van der Waals surface area contributed by atoms with Gasteiger partial charge in [0.1, 0.15) is 0 Å². The minimum Gasteiger partial charge on any atom is -0.409 e. The van der Waals surface area contributed by atoms with Crippen molar-refractivity contribution in [3.05, 3.63) is 0 Å². The molecule has 5 N–H and O–H groups in total. The van der Waals surface area contributed by atoms with E-state index in [1.807, 2.05) is 6.92 Å². The fourth-order valence-corrected chi connectivity index (χ4v) is 1.32. The van der Waals surface area contributed by atoms with Gasteiger partial charge in [-0.05, 0) is 19.3 Å². The van der Waals surface area contributed by atoms with Crippen molar-refractivity contribution in [1.82, 2.24) is 5.32 Å². The van der Waals surface area contributed by atoms with Crippen LogP contribution in [-0.2, 0) is 0 Å². The van der Waals surface area contributed by atoms with Gasteiger partial charge < -0.3 is 16.0 Å². The summed E-state index contributed by atoms with van der Waals surface area (Å²) in [7, 11) is 0. The molecule has 5 heteroatoms. The Labute approximate surface area is 77.6 Å². The van der Waals surface area contributed by atoms with Crippen LogP contribution in [0.25, 0.3) is 0 Å². The second kappa shape index (κ2) is 3.93. The first-order chi connectivity index (χ1) is 6.17. The predicted octanol–water partition coefficient (Wildman–Crippen LogP) is -0.374. The van der Waals surface area contributed by atoms with Crippen LogP contribution in [0.1, 0.15) is 26.2 Å². The quantitative estimate of drug-likeness (QED) is 0.204. The van der Waals surface area contributed by atoms with Crippen molar-refractivity contribution in [2.45, 2.75) is 37.8 Å². The van der Waals surface area contributed by atoms with Gasteiger partial charge in [-0.15, -0.1) is 0 Å². The van der Waals surface area contributed by atoms with E-state index in [2.05, 4.69) is 10.5 Å². The van der Waals surface area contributed by atoms with E-state index in [1.165, 1.54) is 0 Å². The number of hydrogen-bond donors (Lipinski definition) is 4. The first-order valence-corrected chi connectivity index (χ1v) is 4.53. The molecule has 0 aliphatic heterocycles. The van der Waals surface area contributed by atoms with Crippen molar-refractivity contribution in [2.75, 3.05) is 6.61 Å². The Kier molecular flexibility index (Phi) is 3.11. The second-order valence-corrected chi connectivity index (χ2v) is 3.57. The molecule has 13 heavy (non-hydrogen) atoms. The first-order valence-electron chi connectivity index (χ1n) is 4.53. The lowest BCUT2D eigenvalue weighted by atomic mass is 10.1. The van der Waals surface area contributed by atoms with Crippen LogP contribution in [0.5, 0.6) is 0 Å². The molecule has 76 valence electrons. The molecule has 0 heterocycles. The van der Waals surface area contributed by atoms with Gasteiger partial charge in [0.25, 0.3) is 0 Å². The summed E-state index contributed by atoms with van der Waals surface area (Å²) < 4.78 is 0. The minimum atomic E-state index is -0.171. The average molecular weight is 187 g/mol. The highest BCUT2D eigenvalue weighted by atomic mass is 16.4. The van der Waals surface area contributed by atoms with Crippen LogP contribution < -0.4 is 11.1 Å². The molecular formula is C8H17N3O2. The molecule has 0 aromatic rings. The third-order valence-corrected chi connectivity index (χ3v) is 2.52. The van der Waals surface area contributed by atoms with E-state index in [4.69, 9.17) is 16.0 Å². The van der Waals surface area contributed by atoms with Crippen LogP contribution >= 0.6 is 0 Å². The SMILES string of the molecule is CCC(NC1(CO)CC1)C(N)=NO. The molecule has 1 fully saturated rings. The zero-order valence-corrected chi connectivity index (χ0v) is 7.82. The summed E-state index contributed by atoms with van der Waals surface area (Å²) in [4.78, 5) is 0. The molecule has 1 unspecified atom stereocenters. The van der Waals surface area contributed by atoms with Crippen LogP contribution in [0.2, 0.25) is 0 Å². The zero-order chi connectivity index (χ0) is 9.90. The van der Waals surface area contributed by atoms with Crippen LogP contribution in [0.15, 0.2) is 5.16 Å². The van der Waals surface area contributed by atoms with E-state index in [0.717, 1.165) is 19.3 Å². The summed E-state index contributed by atoms with van der Waals surface area (Å²) in [6, 6.07) is -0.139. The van der Waals surface area contributed by atoms with Gasteiger partial charge in [0, 0.05) is 5.54 Å². The molecular weight excluding hydrogens is 170 g/mol. The number of hydrogen-bond acceptors (Lipinski definition) is 4. The van der Waals surface area contributed by atoms with E-state index in [9.17, 15) is 0 Å². The second-order valence-electron chi connectivity index (χ2n) is 3.57. The molecule has 1 atom stereocenters. The third-order valence-electron chi connectivity index (χ3n) is 2.52. The van der Waals surface area contributed by atoms with Crippen LogP contribution in [-0.4, -0.2) is 34.3 Å². The standard InChI is InChI=1S/C8H17N3O2/c1-2-6(7(9)11-13)10-8(5-12)3-4-8/h6,10,12-13H,2-5H2,1H3,(H2,9,11). The molecule has 1 aliphatic carbocycles. The smallest absolute Gasteiger partial charge is 0.156 e. The lowest BCUT2D eigenvalue weighted by Gasteiger charge is -2.21. The number of oxime groups is 1. The summed E-state index contributed by atoms with van der Waals surface area (Å²) >= 11 is 0. The highest BCUT2D eigenvalue weighted by Gasteiger charge is 2.43. The summed E-state index contributed by atoms with van der Waals surface area (Å²) in [5, 5.41) is 23.7. The topological polar surface area (TPSA) is 90.9 Å². The molecule has 0 bridgehead atoms. The van der Waals surface area contributed by atoms with Gasteiger partial charge in [0.05, 0.1) is 12.6 Å². The Bertz CT molecular complexity index is 202. The van der Waals surface area contributed by atoms with Crippen molar-refractivity contribution < 1.29 is 10.3 Å². The Morgan fingerprint density at radius 1 is 1.69 bits per heavy atom. The van der Waals surface area contributed by atoms with E-state index in [-0.39, 0.29) is 24.0 Å². The molecule has 0 aromatic heterocycles. The largest absolute Gasteiger partial charge is 0.409 e. The Balaban J connectivity index is 2.49. The fraction of sp³-hybridized carbons (Fsp3) is 0.875. The molecule has 0 amide bonds. The van der Waals surface area contributed by atoms with Gasteiger partial charge in [-0.2, -0.15) is 0 Å². The highest BCUT2D eigenvalue weighted by Crippen LogP contribution is 2.35. The van der Waals surface area contributed by atoms with Gasteiger partial charge in [0.15, 0.2) is 5.84 Å². The molecule has 1 rings (SSSR count). The molecule has 0 radical (unpaired) electrons. The Morgan fingerprint density at radius 2 is 2.31 bits per heavy atom. The highest BCUT2D eigenvalue weighted by molar-refractivity contribution is 5.85. The monoisotopic (exact) mass is 187 g/mol. The number of amidine groups is 1. The summed E-state index contributed by atoms with van der Waals surface area (Å²) in [5.41, 5.74) is 5.30. The predicted molar refractivity (Wildman–Crippen MR) is 49.7 cm³/mol. The maximum Gasteiger partial charge on any atom is 0.156 e. The van der Waals surface area contributed by atoms with Gasteiger partial charge in [-0.1, -0.05) is 12.1 Å². The summed E-state index contributed by atoms with van der Waals surface area (Å²) in [6.45, 7) is 2.06. The average Bonchev–Trinajstić information content (AvgIpc) is 2.94. The summed E-state index contributed by atoms with van der Waals surface area (Å²) in [5.74, 6) is 0.183.